The van der Waals surface area contributed by atoms with E-state index in [1.807, 2.05) is 0 Å². The van der Waals surface area contributed by atoms with Crippen molar-refractivity contribution in [2.75, 3.05) is 5.32 Å². The van der Waals surface area contributed by atoms with Crippen molar-refractivity contribution in [1.29, 1.82) is 5.26 Å². The molecule has 144 valence electrons. The number of nitrogens with zero attached hydrogens (tertiary/aromatic N) is 5. The summed E-state index contributed by atoms with van der Waals surface area (Å²) in [6.07, 6.45) is 1.06. The van der Waals surface area contributed by atoms with Gasteiger partial charge in [-0.15, -0.1) is 11.3 Å². The van der Waals surface area contributed by atoms with Gasteiger partial charge in [-0.1, -0.05) is 17.7 Å². The quantitative estimate of drug-likeness (QED) is 0.499. The molecule has 0 radical (unpaired) electrons. The van der Waals surface area contributed by atoms with Crippen LogP contribution >= 0.6 is 22.9 Å². The van der Waals surface area contributed by atoms with Gasteiger partial charge in [-0.2, -0.15) is 5.26 Å². The highest BCUT2D eigenvalue weighted by molar-refractivity contribution is 7.22. The van der Waals surface area contributed by atoms with Crippen LogP contribution in [0.3, 0.4) is 0 Å². The Kier molecular flexibility index (Phi) is 5.07. The van der Waals surface area contributed by atoms with Crippen LogP contribution in [0.4, 0.5) is 16.0 Å². The number of benzene rings is 1. The summed E-state index contributed by atoms with van der Waals surface area (Å²) in [6.45, 7) is 1.46. The van der Waals surface area contributed by atoms with Crippen molar-refractivity contribution >= 4 is 44.8 Å². The zero-order chi connectivity index (χ0) is 20.5. The average Bonchev–Trinajstić information content (AvgIpc) is 3.15. The summed E-state index contributed by atoms with van der Waals surface area (Å²) >= 11 is 7.44. The van der Waals surface area contributed by atoms with E-state index in [4.69, 9.17) is 11.6 Å². The topological polar surface area (TPSA) is 108 Å². The van der Waals surface area contributed by atoms with Gasteiger partial charge in [0, 0.05) is 17.3 Å². The molecule has 0 amide bonds. The van der Waals surface area contributed by atoms with E-state index in [0.717, 1.165) is 17.5 Å². The number of anilines is 2. The number of pyridine rings is 1. The molecule has 0 aliphatic heterocycles. The van der Waals surface area contributed by atoms with Crippen LogP contribution < -0.4 is 5.32 Å². The summed E-state index contributed by atoms with van der Waals surface area (Å²) in [4.78, 5) is 16.8. The molecule has 0 bridgehead atoms. The molecule has 4 aromatic rings. The third kappa shape index (κ3) is 3.61. The standard InChI is InChI=1S/C19H12ClFN6OS/c1-9-5-13(25-14(8-28)24-9)26-18-17-16(12(21)7-23-18)27-19(29-17)15-10(6-22)3-2-4-11(15)20/h2-5,7,28H,8H2,1H3,(H,23,24,25,26). The molecule has 4 rings (SSSR count). The number of rotatable bonds is 4. The van der Waals surface area contributed by atoms with Crippen LogP contribution in [0.15, 0.2) is 30.5 Å². The van der Waals surface area contributed by atoms with Crippen LogP contribution in [0, 0.1) is 24.1 Å². The largest absolute Gasteiger partial charge is 0.388 e. The Bertz CT molecular complexity index is 1290. The molecule has 0 aliphatic carbocycles. The fraction of sp³-hybridized carbons (Fsp3) is 0.105. The van der Waals surface area contributed by atoms with Crippen LogP contribution in [0.25, 0.3) is 20.8 Å². The lowest BCUT2D eigenvalue weighted by Crippen LogP contribution is -2.03. The number of aliphatic hydroxyl groups is 1. The van der Waals surface area contributed by atoms with Crippen LogP contribution in [-0.2, 0) is 6.61 Å². The number of aryl methyl sites for hydroxylation is 1. The number of nitrogens with one attached hydrogen (secondary N) is 1. The second-order valence-corrected chi connectivity index (χ2v) is 7.43. The summed E-state index contributed by atoms with van der Waals surface area (Å²) in [5, 5.41) is 22.5. The van der Waals surface area contributed by atoms with Gasteiger partial charge in [-0.25, -0.2) is 24.3 Å². The molecule has 0 spiro atoms. The second kappa shape index (κ2) is 7.67. The monoisotopic (exact) mass is 426 g/mol. The molecule has 0 atom stereocenters. The Morgan fingerprint density at radius 2 is 2.14 bits per heavy atom. The molecule has 0 unspecified atom stereocenters. The van der Waals surface area contributed by atoms with Crippen molar-refractivity contribution in [1.82, 2.24) is 19.9 Å². The van der Waals surface area contributed by atoms with Crippen LogP contribution in [-0.4, -0.2) is 25.0 Å². The number of aliphatic hydroxyl groups excluding tert-OH is 1. The van der Waals surface area contributed by atoms with Crippen molar-refractivity contribution in [3.05, 3.63) is 58.4 Å². The van der Waals surface area contributed by atoms with Crippen molar-refractivity contribution in [2.45, 2.75) is 13.5 Å². The van der Waals surface area contributed by atoms with E-state index in [0.29, 0.717) is 43.2 Å². The molecule has 0 saturated carbocycles. The number of aromatic nitrogens is 4. The van der Waals surface area contributed by atoms with Gasteiger partial charge < -0.3 is 10.4 Å². The summed E-state index contributed by atoms with van der Waals surface area (Å²) in [5.41, 5.74) is 1.56. The highest BCUT2D eigenvalue weighted by Gasteiger charge is 2.19. The normalized spacial score (nSPS) is 10.9. The lowest BCUT2D eigenvalue weighted by atomic mass is 10.1. The van der Waals surface area contributed by atoms with Crippen molar-refractivity contribution in [3.63, 3.8) is 0 Å². The van der Waals surface area contributed by atoms with Gasteiger partial charge in [0.1, 0.15) is 27.6 Å². The highest BCUT2D eigenvalue weighted by Crippen LogP contribution is 2.39. The maximum Gasteiger partial charge on any atom is 0.168 e. The van der Waals surface area contributed by atoms with Gasteiger partial charge in [0.2, 0.25) is 0 Å². The number of nitriles is 1. The van der Waals surface area contributed by atoms with E-state index in [2.05, 4.69) is 31.3 Å². The lowest BCUT2D eigenvalue weighted by molar-refractivity contribution is 0.271. The Morgan fingerprint density at radius 1 is 1.31 bits per heavy atom. The SMILES string of the molecule is Cc1cc(Nc2ncc(F)c3nc(-c4c(Cl)cccc4C#N)sc23)nc(CO)n1. The predicted octanol–water partition coefficient (Wildman–Crippen LogP) is 4.36. The molecule has 7 nitrogen and oxygen atoms in total. The van der Waals surface area contributed by atoms with Gasteiger partial charge in [0.15, 0.2) is 17.5 Å². The summed E-state index contributed by atoms with van der Waals surface area (Å²) in [7, 11) is 0. The first-order chi connectivity index (χ1) is 14.0. The van der Waals surface area contributed by atoms with Gasteiger partial charge in [-0.05, 0) is 19.1 Å². The number of hydrogen-bond donors (Lipinski definition) is 2. The maximum atomic E-state index is 14.4. The number of fused-ring (bicyclic) bond motifs is 1. The van der Waals surface area contributed by atoms with Gasteiger partial charge in [0.05, 0.1) is 22.9 Å². The van der Waals surface area contributed by atoms with Gasteiger partial charge >= 0.3 is 0 Å². The van der Waals surface area contributed by atoms with Gasteiger partial charge in [0.25, 0.3) is 0 Å². The first kappa shape index (κ1) is 19.1. The smallest absolute Gasteiger partial charge is 0.168 e. The third-order valence-corrected chi connectivity index (χ3v) is 5.41. The number of halogens is 2. The number of thiazole rings is 1. The first-order valence-corrected chi connectivity index (χ1v) is 9.56. The summed E-state index contributed by atoms with van der Waals surface area (Å²) in [5.74, 6) is 0.421. The van der Waals surface area contributed by atoms with E-state index in [1.54, 1.807) is 31.2 Å². The molecule has 29 heavy (non-hydrogen) atoms. The van der Waals surface area contributed by atoms with E-state index in [1.165, 1.54) is 0 Å². The molecular formula is C19H12ClFN6OS. The molecular weight excluding hydrogens is 415 g/mol. The minimum Gasteiger partial charge on any atom is -0.388 e. The fourth-order valence-corrected chi connectivity index (χ4v) is 4.21. The minimum absolute atomic E-state index is 0.111. The zero-order valence-corrected chi connectivity index (χ0v) is 16.5. The third-order valence-electron chi connectivity index (χ3n) is 4.01. The van der Waals surface area contributed by atoms with E-state index >= 15 is 0 Å². The molecule has 0 aliphatic rings. The maximum absolute atomic E-state index is 14.4. The van der Waals surface area contributed by atoms with E-state index < -0.39 is 5.82 Å². The molecule has 1 aromatic carbocycles. The van der Waals surface area contributed by atoms with E-state index in [-0.39, 0.29) is 17.9 Å². The zero-order valence-electron chi connectivity index (χ0n) is 14.9. The Morgan fingerprint density at radius 3 is 2.90 bits per heavy atom. The molecule has 0 fully saturated rings. The van der Waals surface area contributed by atoms with Crippen molar-refractivity contribution < 1.29 is 9.50 Å². The van der Waals surface area contributed by atoms with Crippen LogP contribution in [0.2, 0.25) is 5.02 Å². The predicted molar refractivity (Wildman–Crippen MR) is 109 cm³/mol. The number of hydrogen-bond acceptors (Lipinski definition) is 8. The molecule has 10 heteroatoms. The van der Waals surface area contributed by atoms with Crippen LogP contribution in [0.1, 0.15) is 17.1 Å². The Labute approximate surface area is 173 Å². The van der Waals surface area contributed by atoms with Crippen molar-refractivity contribution in [3.8, 4) is 16.6 Å². The highest BCUT2D eigenvalue weighted by atomic mass is 35.5. The first-order valence-electron chi connectivity index (χ1n) is 8.36. The fourth-order valence-electron chi connectivity index (χ4n) is 2.80. The molecule has 3 aromatic heterocycles. The van der Waals surface area contributed by atoms with Gasteiger partial charge in [-0.3, -0.25) is 0 Å². The molecule has 3 heterocycles. The Balaban J connectivity index is 1.86. The second-order valence-electron chi connectivity index (χ2n) is 6.02. The Hall–Kier alpha value is -3.19. The average molecular weight is 427 g/mol. The molecule has 2 N–H and O–H groups in total. The lowest BCUT2D eigenvalue weighted by Gasteiger charge is -2.07. The summed E-state index contributed by atoms with van der Waals surface area (Å²) < 4.78 is 14.8. The van der Waals surface area contributed by atoms with Crippen LogP contribution in [0.5, 0.6) is 0 Å². The van der Waals surface area contributed by atoms with Crippen molar-refractivity contribution in [2.24, 2.45) is 0 Å². The molecule has 0 saturated heterocycles. The summed E-state index contributed by atoms with van der Waals surface area (Å²) in [6, 6.07) is 8.71. The minimum atomic E-state index is -0.589. The van der Waals surface area contributed by atoms with E-state index in [9.17, 15) is 14.8 Å².